The zero-order chi connectivity index (χ0) is 55.2. The summed E-state index contributed by atoms with van der Waals surface area (Å²) < 4.78 is 33.1. The summed E-state index contributed by atoms with van der Waals surface area (Å²) in [6.07, 6.45) is 74.7. The summed E-state index contributed by atoms with van der Waals surface area (Å²) >= 11 is 0. The van der Waals surface area contributed by atoms with E-state index < -0.39 is 26.5 Å². The highest BCUT2D eigenvalue weighted by atomic mass is 31.2. The first-order valence-corrected chi connectivity index (χ1v) is 35.2. The molecule has 0 rings (SSSR count). The summed E-state index contributed by atoms with van der Waals surface area (Å²) in [7, 11) is -4.38. The van der Waals surface area contributed by atoms with E-state index in [2.05, 4.69) is 26.0 Å². The fourth-order valence-electron chi connectivity index (χ4n) is 10.4. The van der Waals surface area contributed by atoms with E-state index in [-0.39, 0.29) is 38.6 Å². The standard InChI is InChI=1S/C66H130NO8P/c1-3-5-7-9-11-13-15-17-19-21-22-23-24-25-26-27-28-29-30-31-32-33-34-35-36-37-38-39-40-41-43-44-46-48-50-52-54-56-58-65(68)72-62-64(63-74-76(70,71)73-61-60-67)75-66(69)59-57-55-53-51-49-47-45-42-20-18-16-14-12-10-8-6-4-2/h18,20,64H,3-17,19,21-63,67H2,1-2H3,(H,70,71)/b20-18-. The molecule has 0 spiro atoms. The van der Waals surface area contributed by atoms with E-state index in [0.717, 1.165) is 44.9 Å². The first kappa shape index (κ1) is 74.8. The van der Waals surface area contributed by atoms with Crippen LogP contribution in [0.25, 0.3) is 0 Å². The van der Waals surface area contributed by atoms with Gasteiger partial charge in [-0.2, -0.15) is 0 Å². The van der Waals surface area contributed by atoms with Gasteiger partial charge in [0.05, 0.1) is 13.2 Å². The van der Waals surface area contributed by atoms with Crippen molar-refractivity contribution < 1.29 is 37.6 Å². The van der Waals surface area contributed by atoms with E-state index in [9.17, 15) is 19.0 Å². The van der Waals surface area contributed by atoms with Gasteiger partial charge in [-0.3, -0.25) is 18.6 Å². The molecular weight excluding hydrogens is 966 g/mol. The van der Waals surface area contributed by atoms with Gasteiger partial charge in [-0.25, -0.2) is 4.57 Å². The summed E-state index contributed by atoms with van der Waals surface area (Å²) in [4.78, 5) is 35.2. The number of allylic oxidation sites excluding steroid dienone is 2. The van der Waals surface area contributed by atoms with Crippen LogP contribution in [0, 0.1) is 0 Å². The molecule has 10 heteroatoms. The van der Waals surface area contributed by atoms with Gasteiger partial charge < -0.3 is 20.1 Å². The quantitative estimate of drug-likeness (QED) is 0.0264. The summed E-state index contributed by atoms with van der Waals surface area (Å²) in [5, 5.41) is 0. The summed E-state index contributed by atoms with van der Waals surface area (Å²) in [5.41, 5.74) is 5.39. The minimum Gasteiger partial charge on any atom is -0.462 e. The Hall–Kier alpha value is -1.25. The molecule has 0 amide bonds. The van der Waals surface area contributed by atoms with Crippen molar-refractivity contribution in [2.24, 2.45) is 5.73 Å². The molecule has 0 aliphatic rings. The van der Waals surface area contributed by atoms with Crippen molar-refractivity contribution in [3.63, 3.8) is 0 Å². The van der Waals surface area contributed by atoms with Crippen LogP contribution < -0.4 is 5.73 Å². The number of hydrogen-bond donors (Lipinski definition) is 2. The Kier molecular flexibility index (Phi) is 61.9. The number of phosphoric ester groups is 1. The van der Waals surface area contributed by atoms with Crippen LogP contribution in [0.1, 0.15) is 367 Å². The third-order valence-electron chi connectivity index (χ3n) is 15.4. The van der Waals surface area contributed by atoms with Gasteiger partial charge in [0.25, 0.3) is 0 Å². The Labute approximate surface area is 472 Å². The minimum atomic E-state index is -4.38. The zero-order valence-electron chi connectivity index (χ0n) is 50.8. The van der Waals surface area contributed by atoms with Crippen molar-refractivity contribution in [1.82, 2.24) is 0 Å². The van der Waals surface area contributed by atoms with Crippen LogP contribution in [0.15, 0.2) is 12.2 Å². The lowest BCUT2D eigenvalue weighted by Gasteiger charge is -2.19. The molecule has 2 unspecified atom stereocenters. The van der Waals surface area contributed by atoms with Crippen molar-refractivity contribution >= 4 is 19.8 Å². The van der Waals surface area contributed by atoms with Crippen LogP contribution in [0.2, 0.25) is 0 Å². The number of esters is 2. The Bertz CT molecular complexity index is 1250. The van der Waals surface area contributed by atoms with Crippen molar-refractivity contribution in [2.75, 3.05) is 26.4 Å². The Balaban J connectivity index is 3.72. The first-order chi connectivity index (χ1) is 37.3. The van der Waals surface area contributed by atoms with Gasteiger partial charge in [0.1, 0.15) is 6.61 Å². The maximum absolute atomic E-state index is 12.7. The molecule has 9 nitrogen and oxygen atoms in total. The Morgan fingerprint density at radius 2 is 0.645 bits per heavy atom. The van der Waals surface area contributed by atoms with E-state index >= 15 is 0 Å². The maximum atomic E-state index is 12.7. The third kappa shape index (κ3) is 62.0. The molecule has 3 N–H and O–H groups in total. The number of ether oxygens (including phenoxy) is 2. The second kappa shape index (κ2) is 62.9. The molecule has 0 bridgehead atoms. The van der Waals surface area contributed by atoms with Gasteiger partial charge in [0, 0.05) is 19.4 Å². The third-order valence-corrected chi connectivity index (χ3v) is 16.4. The number of nitrogens with two attached hydrogens (primary N) is 1. The van der Waals surface area contributed by atoms with Crippen molar-refractivity contribution in [3.8, 4) is 0 Å². The van der Waals surface area contributed by atoms with E-state index in [1.54, 1.807) is 0 Å². The molecule has 0 heterocycles. The highest BCUT2D eigenvalue weighted by Gasteiger charge is 2.26. The van der Waals surface area contributed by atoms with Crippen LogP contribution in [-0.2, 0) is 32.7 Å². The molecule has 0 aliphatic carbocycles. The number of carbonyl (C=O) groups excluding carboxylic acids is 2. The van der Waals surface area contributed by atoms with E-state index in [4.69, 9.17) is 24.3 Å². The number of hydrogen-bond acceptors (Lipinski definition) is 8. The van der Waals surface area contributed by atoms with Crippen LogP contribution in [0.5, 0.6) is 0 Å². The van der Waals surface area contributed by atoms with Crippen molar-refractivity contribution in [3.05, 3.63) is 12.2 Å². The van der Waals surface area contributed by atoms with Gasteiger partial charge >= 0.3 is 19.8 Å². The zero-order valence-corrected chi connectivity index (χ0v) is 51.7. The van der Waals surface area contributed by atoms with Crippen LogP contribution in [-0.4, -0.2) is 49.3 Å². The second-order valence-electron chi connectivity index (χ2n) is 23.1. The molecule has 0 aromatic heterocycles. The molecule has 0 fully saturated rings. The molecule has 0 radical (unpaired) electrons. The summed E-state index contributed by atoms with van der Waals surface area (Å²) in [6.45, 7) is 3.80. The van der Waals surface area contributed by atoms with Crippen molar-refractivity contribution in [2.45, 2.75) is 373 Å². The monoisotopic (exact) mass is 1100 g/mol. The van der Waals surface area contributed by atoms with Gasteiger partial charge in [0.15, 0.2) is 6.10 Å². The minimum absolute atomic E-state index is 0.0560. The van der Waals surface area contributed by atoms with Crippen LogP contribution in [0.4, 0.5) is 0 Å². The van der Waals surface area contributed by atoms with Gasteiger partial charge in [-0.05, 0) is 38.5 Å². The van der Waals surface area contributed by atoms with Crippen LogP contribution >= 0.6 is 7.82 Å². The lowest BCUT2D eigenvalue weighted by atomic mass is 10.0. The highest BCUT2D eigenvalue weighted by molar-refractivity contribution is 7.47. The molecule has 0 saturated carbocycles. The second-order valence-corrected chi connectivity index (χ2v) is 24.5. The number of rotatable bonds is 65. The van der Waals surface area contributed by atoms with E-state index in [1.165, 1.54) is 289 Å². The molecule has 0 saturated heterocycles. The van der Waals surface area contributed by atoms with Gasteiger partial charge in [-0.1, -0.05) is 328 Å². The fraction of sp³-hybridized carbons (Fsp3) is 0.939. The Morgan fingerprint density at radius 3 is 0.934 bits per heavy atom. The number of unbranched alkanes of at least 4 members (excludes halogenated alkanes) is 50. The van der Waals surface area contributed by atoms with Crippen LogP contribution in [0.3, 0.4) is 0 Å². The molecule has 0 aliphatic heterocycles. The largest absolute Gasteiger partial charge is 0.472 e. The van der Waals surface area contributed by atoms with Gasteiger partial charge in [-0.15, -0.1) is 0 Å². The summed E-state index contributed by atoms with van der Waals surface area (Å²) in [5.74, 6) is -0.812. The SMILES string of the molecule is CCCCCCCC/C=C\CCCCCCCCCC(=O)OC(COC(=O)CCCCCCCCCCCCCCCCCCCCCCCCCCCCCCCCCCCCCCCC)COP(=O)(O)OCCN. The molecule has 452 valence electrons. The van der Waals surface area contributed by atoms with E-state index in [1.807, 2.05) is 0 Å². The average Bonchev–Trinajstić information content (AvgIpc) is 3.41. The van der Waals surface area contributed by atoms with Gasteiger partial charge in [0.2, 0.25) is 0 Å². The predicted molar refractivity (Wildman–Crippen MR) is 326 cm³/mol. The maximum Gasteiger partial charge on any atom is 0.472 e. The van der Waals surface area contributed by atoms with Crippen molar-refractivity contribution in [1.29, 1.82) is 0 Å². The lowest BCUT2D eigenvalue weighted by molar-refractivity contribution is -0.161. The first-order valence-electron chi connectivity index (χ1n) is 33.7. The Morgan fingerprint density at radius 1 is 0.382 bits per heavy atom. The number of phosphoric acid groups is 1. The predicted octanol–water partition coefficient (Wildman–Crippen LogP) is 21.6. The molecule has 2 atom stereocenters. The highest BCUT2D eigenvalue weighted by Crippen LogP contribution is 2.43. The smallest absolute Gasteiger partial charge is 0.462 e. The topological polar surface area (TPSA) is 134 Å². The molecule has 0 aromatic carbocycles. The molecule has 76 heavy (non-hydrogen) atoms. The number of carbonyl (C=O) groups is 2. The molecule has 0 aromatic rings. The average molecular weight is 1100 g/mol. The van der Waals surface area contributed by atoms with E-state index in [0.29, 0.717) is 6.42 Å². The molecular formula is C66H130NO8P. The fourth-order valence-corrected chi connectivity index (χ4v) is 11.2. The normalized spacial score (nSPS) is 12.9. The lowest BCUT2D eigenvalue weighted by Crippen LogP contribution is -2.29. The summed E-state index contributed by atoms with van der Waals surface area (Å²) in [6, 6.07) is 0.